The van der Waals surface area contributed by atoms with Crippen molar-refractivity contribution < 1.29 is 40.7 Å². The summed E-state index contributed by atoms with van der Waals surface area (Å²) in [6.07, 6.45) is -6.19. The van der Waals surface area contributed by atoms with Crippen molar-refractivity contribution in [1.29, 1.82) is 5.26 Å². The maximum atomic E-state index is 13.2. The van der Waals surface area contributed by atoms with E-state index in [0.717, 1.165) is 6.20 Å². The van der Waals surface area contributed by atoms with Crippen LogP contribution < -0.4 is 16.0 Å². The molecule has 1 aliphatic rings. The number of nitriles is 1. The van der Waals surface area contributed by atoms with Crippen LogP contribution in [0.25, 0.3) is 0 Å². The molecule has 1 saturated carbocycles. The lowest BCUT2D eigenvalue weighted by Gasteiger charge is -2.22. The van der Waals surface area contributed by atoms with E-state index in [1.807, 2.05) is 0 Å². The standard InChI is InChI=1S/C21H18F6N2O2.C4H6N2O/c1-3-13(12-28-7-8-30)17(4-2)18(31)29-19(5-6-19)14-9-15(20(22,23)24)11-16(10-14)21(25,26)27;1-4(7)6-3-2-5/h3-4,7,9-11,28H,1-2,5-6,12H2,(H,29,31);3H2,1H3,(H,6,7)/b17-13-;. The summed E-state index contributed by atoms with van der Waals surface area (Å²) in [7, 11) is 0. The van der Waals surface area contributed by atoms with Crippen molar-refractivity contribution in [2.45, 2.75) is 37.7 Å². The van der Waals surface area contributed by atoms with Crippen molar-refractivity contribution in [2.24, 2.45) is 0 Å². The SMILES string of the molecule is C=C/C(CNC=C=O)=C(\C=C)C(=O)NC1(c2cc(C(F)(F)F)cc(C(F)(F)F)c2)CC1.CC(=O)NCC#N. The first-order valence-corrected chi connectivity index (χ1v) is 10.8. The summed E-state index contributed by atoms with van der Waals surface area (Å²) in [6.45, 7) is 8.55. The van der Waals surface area contributed by atoms with Gasteiger partial charge in [0.1, 0.15) is 12.5 Å². The van der Waals surface area contributed by atoms with Crippen molar-refractivity contribution in [2.75, 3.05) is 13.1 Å². The zero-order valence-corrected chi connectivity index (χ0v) is 20.1. The molecule has 0 atom stereocenters. The number of hydrogen-bond donors (Lipinski definition) is 3. The number of halogens is 6. The van der Waals surface area contributed by atoms with E-state index in [-0.39, 0.29) is 49.0 Å². The minimum Gasteiger partial charge on any atom is -0.378 e. The Labute approximate surface area is 214 Å². The van der Waals surface area contributed by atoms with Gasteiger partial charge in [-0.05, 0) is 42.2 Å². The average Bonchev–Trinajstić information content (AvgIpc) is 3.61. The van der Waals surface area contributed by atoms with Gasteiger partial charge in [-0.1, -0.05) is 25.3 Å². The van der Waals surface area contributed by atoms with Gasteiger partial charge in [0.05, 0.1) is 28.9 Å². The molecule has 0 aliphatic heterocycles. The van der Waals surface area contributed by atoms with E-state index in [1.165, 1.54) is 25.0 Å². The molecule has 3 N–H and O–H groups in total. The average molecular weight is 542 g/mol. The Kier molecular flexibility index (Phi) is 11.1. The third-order valence-electron chi connectivity index (χ3n) is 5.15. The van der Waals surface area contributed by atoms with Gasteiger partial charge in [-0.3, -0.25) is 9.59 Å². The Morgan fingerprint density at radius 3 is 1.95 bits per heavy atom. The number of hydrogen-bond acceptors (Lipinski definition) is 5. The van der Waals surface area contributed by atoms with Gasteiger partial charge in [-0.25, -0.2) is 4.79 Å². The van der Waals surface area contributed by atoms with Crippen molar-refractivity contribution in [3.05, 3.63) is 77.5 Å². The molecule has 0 saturated heterocycles. The van der Waals surface area contributed by atoms with Crippen LogP contribution in [0.15, 0.2) is 60.9 Å². The molecule has 13 heteroatoms. The van der Waals surface area contributed by atoms with Crippen LogP contribution in [0.5, 0.6) is 0 Å². The summed E-state index contributed by atoms with van der Waals surface area (Å²) < 4.78 is 79.0. The molecular weight excluding hydrogens is 518 g/mol. The third-order valence-corrected chi connectivity index (χ3v) is 5.15. The first-order chi connectivity index (χ1) is 17.6. The predicted octanol–water partition coefficient (Wildman–Crippen LogP) is 4.08. The second-order valence-corrected chi connectivity index (χ2v) is 7.89. The van der Waals surface area contributed by atoms with E-state index in [4.69, 9.17) is 5.26 Å². The quantitative estimate of drug-likeness (QED) is 0.143. The third kappa shape index (κ3) is 9.29. The zero-order valence-electron chi connectivity index (χ0n) is 20.1. The fourth-order valence-corrected chi connectivity index (χ4v) is 3.14. The molecular formula is C25H24F6N4O3. The lowest BCUT2D eigenvalue weighted by Crippen LogP contribution is -2.36. The first kappa shape index (κ1) is 31.7. The fourth-order valence-electron chi connectivity index (χ4n) is 3.14. The Bertz CT molecular complexity index is 1150. The number of nitrogens with one attached hydrogen (secondary N) is 3. The predicted molar refractivity (Wildman–Crippen MR) is 125 cm³/mol. The summed E-state index contributed by atoms with van der Waals surface area (Å²) in [5, 5.41) is 15.2. The van der Waals surface area contributed by atoms with Crippen LogP contribution in [-0.4, -0.2) is 30.8 Å². The number of carbonyl (C=O) groups is 2. The molecule has 1 fully saturated rings. The molecule has 0 radical (unpaired) electrons. The first-order valence-electron chi connectivity index (χ1n) is 10.8. The van der Waals surface area contributed by atoms with E-state index < -0.39 is 34.9 Å². The summed E-state index contributed by atoms with van der Waals surface area (Å²) in [4.78, 5) is 32.9. The highest BCUT2D eigenvalue weighted by Crippen LogP contribution is 2.48. The summed E-state index contributed by atoms with van der Waals surface area (Å²) in [6, 6.07) is 3.04. The Morgan fingerprint density at radius 2 is 1.61 bits per heavy atom. The zero-order chi connectivity index (χ0) is 29.1. The second kappa shape index (κ2) is 13.3. The monoisotopic (exact) mass is 542 g/mol. The number of alkyl halides is 6. The fraction of sp³-hybridized carbons (Fsp3) is 0.320. The molecule has 1 aliphatic carbocycles. The molecule has 1 aromatic rings. The summed E-state index contributed by atoms with van der Waals surface area (Å²) >= 11 is 0. The van der Waals surface area contributed by atoms with E-state index in [1.54, 1.807) is 6.07 Å². The highest BCUT2D eigenvalue weighted by molar-refractivity contribution is 5.98. The van der Waals surface area contributed by atoms with Gasteiger partial charge in [-0.15, -0.1) is 0 Å². The second-order valence-electron chi connectivity index (χ2n) is 7.89. The minimum atomic E-state index is -4.99. The molecule has 0 aromatic heterocycles. The highest BCUT2D eigenvalue weighted by atomic mass is 19.4. The summed E-state index contributed by atoms with van der Waals surface area (Å²) in [5.41, 5.74) is -4.22. The maximum absolute atomic E-state index is 13.2. The van der Waals surface area contributed by atoms with Crippen molar-refractivity contribution in [1.82, 2.24) is 16.0 Å². The molecule has 2 amide bonds. The van der Waals surface area contributed by atoms with E-state index in [0.29, 0.717) is 17.7 Å². The van der Waals surface area contributed by atoms with Gasteiger partial charge in [0.2, 0.25) is 5.91 Å². The van der Waals surface area contributed by atoms with Gasteiger partial charge in [-0.2, -0.15) is 31.6 Å². The van der Waals surface area contributed by atoms with Crippen LogP contribution in [0.3, 0.4) is 0 Å². The molecule has 0 bridgehead atoms. The van der Waals surface area contributed by atoms with Crippen molar-refractivity contribution in [3.63, 3.8) is 0 Å². The largest absolute Gasteiger partial charge is 0.416 e. The Balaban J connectivity index is 0.000000905. The molecule has 1 aromatic carbocycles. The lowest BCUT2D eigenvalue weighted by atomic mass is 9.97. The number of nitrogens with zero attached hydrogens (tertiary/aromatic N) is 1. The number of amides is 2. The van der Waals surface area contributed by atoms with Gasteiger partial charge in [0.15, 0.2) is 0 Å². The maximum Gasteiger partial charge on any atom is 0.416 e. The smallest absolute Gasteiger partial charge is 0.378 e. The highest BCUT2D eigenvalue weighted by Gasteiger charge is 2.48. The van der Waals surface area contributed by atoms with Crippen LogP contribution in [0, 0.1) is 11.3 Å². The van der Waals surface area contributed by atoms with Gasteiger partial charge in [0, 0.05) is 19.0 Å². The van der Waals surface area contributed by atoms with Crippen LogP contribution in [-0.2, 0) is 32.3 Å². The topological polar surface area (TPSA) is 111 Å². The Hall–Kier alpha value is -4.30. The molecule has 0 heterocycles. The van der Waals surface area contributed by atoms with E-state index in [2.05, 4.69) is 29.1 Å². The molecule has 2 rings (SSSR count). The number of carbonyl (C=O) groups excluding carboxylic acids is 3. The Morgan fingerprint density at radius 1 is 1.05 bits per heavy atom. The van der Waals surface area contributed by atoms with Crippen LogP contribution in [0.2, 0.25) is 0 Å². The van der Waals surface area contributed by atoms with Gasteiger partial charge >= 0.3 is 12.4 Å². The van der Waals surface area contributed by atoms with Crippen LogP contribution in [0.1, 0.15) is 36.5 Å². The van der Waals surface area contributed by atoms with Crippen LogP contribution >= 0.6 is 0 Å². The molecule has 7 nitrogen and oxygen atoms in total. The van der Waals surface area contributed by atoms with E-state index in [9.17, 15) is 40.7 Å². The van der Waals surface area contributed by atoms with Gasteiger partial charge in [0.25, 0.3) is 5.91 Å². The molecule has 204 valence electrons. The minimum absolute atomic E-state index is 0.00228. The number of benzene rings is 1. The molecule has 0 spiro atoms. The lowest BCUT2D eigenvalue weighted by molar-refractivity contribution is -0.143. The normalized spacial score (nSPS) is 14.2. The van der Waals surface area contributed by atoms with E-state index >= 15 is 0 Å². The molecule has 38 heavy (non-hydrogen) atoms. The number of rotatable bonds is 9. The van der Waals surface area contributed by atoms with Crippen molar-refractivity contribution in [3.8, 4) is 6.07 Å². The van der Waals surface area contributed by atoms with Crippen LogP contribution in [0.4, 0.5) is 26.3 Å². The molecule has 0 unspecified atom stereocenters. The van der Waals surface area contributed by atoms with Crippen molar-refractivity contribution >= 4 is 17.8 Å². The van der Waals surface area contributed by atoms with Gasteiger partial charge < -0.3 is 16.0 Å². The summed E-state index contributed by atoms with van der Waals surface area (Å²) in [5.74, 6) is 0.574.